The van der Waals surface area contributed by atoms with Crippen LogP contribution in [0, 0.1) is 17.8 Å². The Morgan fingerprint density at radius 1 is 1.06 bits per heavy atom. The molecule has 2 aliphatic rings. The van der Waals surface area contributed by atoms with Crippen LogP contribution >= 0.6 is 0 Å². The Kier molecular flexibility index (Phi) is 4.43. The topological polar surface area (TPSA) is 41.1 Å². The van der Waals surface area contributed by atoms with E-state index in [2.05, 4.69) is 24.5 Å². The van der Waals surface area contributed by atoms with Crippen molar-refractivity contribution in [2.24, 2.45) is 17.8 Å². The summed E-state index contributed by atoms with van der Waals surface area (Å²) in [7, 11) is 0. The fourth-order valence-electron chi connectivity index (χ4n) is 3.47. The van der Waals surface area contributed by atoms with E-state index in [0.29, 0.717) is 11.9 Å². The third-order valence-electron chi connectivity index (χ3n) is 4.23. The number of nitrogens with one attached hydrogen (secondary N) is 2. The number of amides is 1. The second-order valence-corrected chi connectivity index (χ2v) is 6.15. The number of carbonyl (C=O) groups is 1. The van der Waals surface area contributed by atoms with Gasteiger partial charge in [0, 0.05) is 12.0 Å². The van der Waals surface area contributed by atoms with E-state index in [0.717, 1.165) is 37.8 Å². The molecule has 0 spiro atoms. The van der Waals surface area contributed by atoms with Gasteiger partial charge >= 0.3 is 0 Å². The van der Waals surface area contributed by atoms with Gasteiger partial charge in [0.2, 0.25) is 5.91 Å². The highest BCUT2D eigenvalue weighted by molar-refractivity contribution is 5.79. The van der Waals surface area contributed by atoms with Crippen molar-refractivity contribution in [3.8, 4) is 0 Å². The van der Waals surface area contributed by atoms with Crippen molar-refractivity contribution in [2.75, 3.05) is 13.1 Å². The van der Waals surface area contributed by atoms with Gasteiger partial charge in [-0.3, -0.25) is 4.79 Å². The van der Waals surface area contributed by atoms with E-state index < -0.39 is 0 Å². The summed E-state index contributed by atoms with van der Waals surface area (Å²) in [5.41, 5.74) is 0. The van der Waals surface area contributed by atoms with E-state index in [4.69, 9.17) is 0 Å². The summed E-state index contributed by atoms with van der Waals surface area (Å²) < 4.78 is 0. The van der Waals surface area contributed by atoms with Gasteiger partial charge < -0.3 is 10.6 Å². The van der Waals surface area contributed by atoms with Crippen molar-refractivity contribution in [1.82, 2.24) is 10.6 Å². The molecule has 98 valence electrons. The molecule has 2 atom stereocenters. The molecular weight excluding hydrogens is 212 g/mol. The average molecular weight is 238 g/mol. The number of hydrogen-bond acceptors (Lipinski definition) is 2. The molecule has 1 aliphatic heterocycles. The second kappa shape index (κ2) is 5.85. The van der Waals surface area contributed by atoms with Gasteiger partial charge in [0.25, 0.3) is 0 Å². The van der Waals surface area contributed by atoms with E-state index in [1.165, 1.54) is 19.3 Å². The summed E-state index contributed by atoms with van der Waals surface area (Å²) in [4.78, 5) is 12.1. The van der Waals surface area contributed by atoms with E-state index >= 15 is 0 Å². The Morgan fingerprint density at radius 3 is 2.24 bits per heavy atom. The lowest BCUT2D eigenvalue weighted by atomic mass is 9.80. The van der Waals surface area contributed by atoms with Gasteiger partial charge in [0.1, 0.15) is 0 Å². The maximum atomic E-state index is 12.1. The van der Waals surface area contributed by atoms with Crippen LogP contribution in [0.5, 0.6) is 0 Å². The highest BCUT2D eigenvalue weighted by Gasteiger charge is 2.28. The Balaban J connectivity index is 1.80. The van der Waals surface area contributed by atoms with Crippen molar-refractivity contribution in [3.05, 3.63) is 0 Å². The van der Waals surface area contributed by atoms with E-state index in [1.54, 1.807) is 0 Å². The summed E-state index contributed by atoms with van der Waals surface area (Å²) in [6.07, 6.45) is 5.66. The fourth-order valence-corrected chi connectivity index (χ4v) is 3.47. The minimum absolute atomic E-state index is 0.254. The lowest BCUT2D eigenvalue weighted by molar-refractivity contribution is -0.126. The van der Waals surface area contributed by atoms with Crippen LogP contribution in [0.1, 0.15) is 46.0 Å². The first-order valence-electron chi connectivity index (χ1n) is 7.16. The molecule has 0 bridgehead atoms. The second-order valence-electron chi connectivity index (χ2n) is 6.15. The molecule has 2 fully saturated rings. The highest BCUT2D eigenvalue weighted by atomic mass is 16.1. The monoisotopic (exact) mass is 238 g/mol. The Hall–Kier alpha value is -0.570. The standard InChI is InChI=1S/C14H26N2O/c1-10-7-11(2)9-13(8-10)16-14(17)12-3-5-15-6-4-12/h10-13,15H,3-9H2,1-2H3,(H,16,17). The van der Waals surface area contributed by atoms with Crippen molar-refractivity contribution >= 4 is 5.91 Å². The van der Waals surface area contributed by atoms with Gasteiger partial charge in [-0.1, -0.05) is 13.8 Å². The third kappa shape index (κ3) is 3.70. The molecule has 2 unspecified atom stereocenters. The van der Waals surface area contributed by atoms with E-state index in [9.17, 15) is 4.79 Å². The fraction of sp³-hybridized carbons (Fsp3) is 0.929. The molecule has 3 nitrogen and oxygen atoms in total. The normalized spacial score (nSPS) is 35.5. The highest BCUT2D eigenvalue weighted by Crippen LogP contribution is 2.28. The minimum Gasteiger partial charge on any atom is -0.353 e. The number of piperidine rings is 1. The minimum atomic E-state index is 0.254. The molecule has 3 heteroatoms. The molecule has 2 N–H and O–H groups in total. The lowest BCUT2D eigenvalue weighted by Crippen LogP contribution is -2.45. The van der Waals surface area contributed by atoms with Crippen LogP contribution < -0.4 is 10.6 Å². The van der Waals surface area contributed by atoms with Crippen LogP contribution in [0.15, 0.2) is 0 Å². The molecule has 0 aromatic heterocycles. The Labute approximate surface area is 105 Å². The van der Waals surface area contributed by atoms with Crippen LogP contribution in [0.4, 0.5) is 0 Å². The van der Waals surface area contributed by atoms with E-state index in [-0.39, 0.29) is 5.92 Å². The van der Waals surface area contributed by atoms with Crippen LogP contribution in [0.25, 0.3) is 0 Å². The Bertz CT molecular complexity index is 251. The third-order valence-corrected chi connectivity index (χ3v) is 4.23. The van der Waals surface area contributed by atoms with Crippen LogP contribution in [0.2, 0.25) is 0 Å². The van der Waals surface area contributed by atoms with Crippen molar-refractivity contribution in [2.45, 2.75) is 52.0 Å². The van der Waals surface area contributed by atoms with E-state index in [1.807, 2.05) is 0 Å². The molecule has 0 radical (unpaired) electrons. The summed E-state index contributed by atoms with van der Waals surface area (Å²) in [5, 5.41) is 6.59. The van der Waals surface area contributed by atoms with Crippen molar-refractivity contribution in [3.63, 3.8) is 0 Å². The van der Waals surface area contributed by atoms with Gasteiger partial charge in [-0.05, 0) is 57.0 Å². The summed E-state index contributed by atoms with van der Waals surface area (Å²) in [6.45, 7) is 6.60. The van der Waals surface area contributed by atoms with Gasteiger partial charge in [0.15, 0.2) is 0 Å². The molecule has 17 heavy (non-hydrogen) atoms. The van der Waals surface area contributed by atoms with Gasteiger partial charge in [-0.25, -0.2) is 0 Å². The molecule has 0 aromatic carbocycles. The predicted octanol–water partition coefficient (Wildman–Crippen LogP) is 1.93. The van der Waals surface area contributed by atoms with Crippen molar-refractivity contribution in [1.29, 1.82) is 0 Å². The first-order chi connectivity index (χ1) is 8.15. The predicted molar refractivity (Wildman–Crippen MR) is 69.7 cm³/mol. The number of carbonyl (C=O) groups excluding carboxylic acids is 1. The summed E-state index contributed by atoms with van der Waals surface area (Å²) in [5.74, 6) is 2.08. The van der Waals surface area contributed by atoms with Crippen LogP contribution in [0.3, 0.4) is 0 Å². The molecule has 0 aromatic rings. The molecule has 2 rings (SSSR count). The van der Waals surface area contributed by atoms with Crippen LogP contribution in [-0.4, -0.2) is 25.0 Å². The molecule has 1 amide bonds. The Morgan fingerprint density at radius 2 is 1.65 bits per heavy atom. The maximum Gasteiger partial charge on any atom is 0.223 e. The molecule has 1 saturated carbocycles. The summed E-state index contributed by atoms with van der Waals surface area (Å²) >= 11 is 0. The molecular formula is C14H26N2O. The average Bonchev–Trinajstić information content (AvgIpc) is 2.28. The molecule has 1 saturated heterocycles. The zero-order chi connectivity index (χ0) is 12.3. The first kappa shape index (κ1) is 12.9. The number of hydrogen-bond donors (Lipinski definition) is 2. The van der Waals surface area contributed by atoms with Crippen LogP contribution in [-0.2, 0) is 4.79 Å². The SMILES string of the molecule is CC1CC(C)CC(NC(=O)C2CCNCC2)C1. The maximum absolute atomic E-state index is 12.1. The number of rotatable bonds is 2. The largest absolute Gasteiger partial charge is 0.353 e. The quantitative estimate of drug-likeness (QED) is 0.772. The summed E-state index contributed by atoms with van der Waals surface area (Å²) in [6, 6.07) is 0.427. The molecule has 1 aliphatic carbocycles. The zero-order valence-corrected chi connectivity index (χ0v) is 11.2. The lowest BCUT2D eigenvalue weighted by Gasteiger charge is -2.33. The molecule has 1 heterocycles. The van der Waals surface area contributed by atoms with Gasteiger partial charge in [0.05, 0.1) is 0 Å². The van der Waals surface area contributed by atoms with Crippen molar-refractivity contribution < 1.29 is 4.79 Å². The van der Waals surface area contributed by atoms with Gasteiger partial charge in [-0.15, -0.1) is 0 Å². The van der Waals surface area contributed by atoms with Gasteiger partial charge in [-0.2, -0.15) is 0 Å². The zero-order valence-electron chi connectivity index (χ0n) is 11.2. The first-order valence-corrected chi connectivity index (χ1v) is 7.16. The smallest absolute Gasteiger partial charge is 0.223 e.